The van der Waals surface area contributed by atoms with E-state index in [1.54, 1.807) is 0 Å². The molecular formula is C19H21N3O3. The lowest BCUT2D eigenvalue weighted by Gasteiger charge is -2.38. The Bertz CT molecular complexity index is 749. The number of nitrogens with zero attached hydrogens (tertiary/aromatic N) is 2. The van der Waals surface area contributed by atoms with Gasteiger partial charge in [-0.15, -0.1) is 0 Å². The van der Waals surface area contributed by atoms with Gasteiger partial charge in [-0.05, 0) is 17.7 Å². The number of carboxylic acids is 1. The summed E-state index contributed by atoms with van der Waals surface area (Å²) in [5, 5.41) is 11.1. The molecule has 0 bridgehead atoms. The Morgan fingerprint density at radius 2 is 1.52 bits per heavy atom. The van der Waals surface area contributed by atoms with Gasteiger partial charge in [-0.1, -0.05) is 42.5 Å². The highest BCUT2D eigenvalue weighted by Gasteiger charge is 2.23. The first-order chi connectivity index (χ1) is 12.1. The molecule has 0 fully saturated rings. The summed E-state index contributed by atoms with van der Waals surface area (Å²) < 4.78 is 0. The number of hydrogen-bond donors (Lipinski definition) is 2. The topological polar surface area (TPSA) is 72.9 Å². The Morgan fingerprint density at radius 3 is 2.20 bits per heavy atom. The predicted molar refractivity (Wildman–Crippen MR) is 96.8 cm³/mol. The number of nitrogens with one attached hydrogen (secondary N) is 1. The number of carbonyl (C=O) groups is 2. The van der Waals surface area contributed by atoms with Crippen molar-refractivity contribution in [3.63, 3.8) is 0 Å². The summed E-state index contributed by atoms with van der Waals surface area (Å²) in [7, 11) is 0. The maximum absolute atomic E-state index is 12.0. The van der Waals surface area contributed by atoms with Gasteiger partial charge >= 0.3 is 5.97 Å². The highest BCUT2D eigenvalue weighted by Crippen LogP contribution is 2.33. The van der Waals surface area contributed by atoms with E-state index in [1.165, 1.54) is 5.56 Å². The van der Waals surface area contributed by atoms with Crippen molar-refractivity contribution < 1.29 is 14.7 Å². The summed E-state index contributed by atoms with van der Waals surface area (Å²) >= 11 is 0. The van der Waals surface area contributed by atoms with Crippen molar-refractivity contribution in [3.8, 4) is 0 Å². The van der Waals surface area contributed by atoms with Gasteiger partial charge in [0.1, 0.15) is 6.54 Å². The molecule has 1 aliphatic rings. The molecule has 0 saturated heterocycles. The average molecular weight is 339 g/mol. The van der Waals surface area contributed by atoms with Crippen molar-refractivity contribution in [1.82, 2.24) is 5.32 Å². The van der Waals surface area contributed by atoms with Gasteiger partial charge in [-0.3, -0.25) is 9.59 Å². The van der Waals surface area contributed by atoms with Crippen molar-refractivity contribution in [1.29, 1.82) is 0 Å². The molecule has 25 heavy (non-hydrogen) atoms. The average Bonchev–Trinajstić information content (AvgIpc) is 2.63. The minimum atomic E-state index is -1.04. The van der Waals surface area contributed by atoms with Crippen LogP contribution >= 0.6 is 0 Å². The lowest BCUT2D eigenvalue weighted by atomic mass is 10.1. The molecule has 0 aromatic heterocycles. The van der Waals surface area contributed by atoms with Crippen LogP contribution in [0.4, 0.5) is 11.4 Å². The molecule has 0 unspecified atom stereocenters. The smallest absolute Gasteiger partial charge is 0.322 e. The fraction of sp³-hybridized carbons (Fsp3) is 0.263. The normalized spacial score (nSPS) is 13.3. The van der Waals surface area contributed by atoms with Crippen LogP contribution in [-0.2, 0) is 16.1 Å². The monoisotopic (exact) mass is 339 g/mol. The zero-order valence-electron chi connectivity index (χ0n) is 13.9. The number of amides is 1. The van der Waals surface area contributed by atoms with Gasteiger partial charge in [0.2, 0.25) is 5.91 Å². The maximum atomic E-state index is 12.0. The molecule has 0 atom stereocenters. The largest absolute Gasteiger partial charge is 0.480 e. The van der Waals surface area contributed by atoms with E-state index in [1.807, 2.05) is 41.3 Å². The number of carbonyl (C=O) groups excluding carboxylic acids is 1. The molecule has 1 aliphatic heterocycles. The van der Waals surface area contributed by atoms with Crippen LogP contribution in [0, 0.1) is 0 Å². The van der Waals surface area contributed by atoms with Gasteiger partial charge in [0, 0.05) is 19.6 Å². The molecule has 0 saturated carbocycles. The first-order valence-corrected chi connectivity index (χ1v) is 8.25. The van der Waals surface area contributed by atoms with E-state index in [4.69, 9.17) is 5.11 Å². The maximum Gasteiger partial charge on any atom is 0.322 e. The zero-order valence-corrected chi connectivity index (χ0v) is 13.9. The minimum absolute atomic E-state index is 0.156. The number of aliphatic carboxylic acids is 1. The number of rotatable bonds is 6. The summed E-state index contributed by atoms with van der Waals surface area (Å²) in [6.07, 6.45) is 0. The fourth-order valence-electron chi connectivity index (χ4n) is 3.02. The molecular weight excluding hydrogens is 318 g/mol. The van der Waals surface area contributed by atoms with E-state index in [2.05, 4.69) is 28.4 Å². The quantitative estimate of drug-likeness (QED) is 0.838. The Balaban J connectivity index is 1.72. The highest BCUT2D eigenvalue weighted by atomic mass is 16.4. The molecule has 6 nitrogen and oxygen atoms in total. The van der Waals surface area contributed by atoms with Crippen LogP contribution in [0.15, 0.2) is 54.6 Å². The molecule has 0 radical (unpaired) electrons. The molecule has 1 heterocycles. The van der Waals surface area contributed by atoms with E-state index in [-0.39, 0.29) is 19.0 Å². The minimum Gasteiger partial charge on any atom is -0.480 e. The lowest BCUT2D eigenvalue weighted by Crippen LogP contribution is -2.46. The van der Waals surface area contributed by atoms with Crippen LogP contribution < -0.4 is 15.1 Å². The molecule has 130 valence electrons. The zero-order chi connectivity index (χ0) is 17.6. The number of anilines is 2. The summed E-state index contributed by atoms with van der Waals surface area (Å²) in [5.74, 6) is -1.32. The number of benzene rings is 2. The van der Waals surface area contributed by atoms with E-state index in [0.29, 0.717) is 6.54 Å². The Morgan fingerprint density at radius 1 is 0.920 bits per heavy atom. The SMILES string of the molecule is O=C(O)CNC(=O)CN1CCN(Cc2ccccc2)c2ccccc21. The van der Waals surface area contributed by atoms with Crippen LogP contribution in [0.3, 0.4) is 0 Å². The van der Waals surface area contributed by atoms with Crippen LogP contribution in [0.5, 0.6) is 0 Å². The van der Waals surface area contributed by atoms with E-state index < -0.39 is 5.97 Å². The van der Waals surface area contributed by atoms with Crippen molar-refractivity contribution in [2.75, 3.05) is 36.0 Å². The molecule has 2 aromatic rings. The highest BCUT2D eigenvalue weighted by molar-refractivity contribution is 5.86. The Kier molecular flexibility index (Phi) is 5.18. The van der Waals surface area contributed by atoms with Gasteiger partial charge in [0.05, 0.1) is 17.9 Å². The Labute approximate surface area is 146 Å². The standard InChI is InChI=1S/C19H21N3O3/c23-18(20-12-19(24)25)14-22-11-10-21(13-15-6-2-1-3-7-15)16-8-4-5-9-17(16)22/h1-9H,10-14H2,(H,20,23)(H,24,25). The van der Waals surface area contributed by atoms with Crippen molar-refractivity contribution in [3.05, 3.63) is 60.2 Å². The number of fused-ring (bicyclic) bond motifs is 1. The number of hydrogen-bond acceptors (Lipinski definition) is 4. The van der Waals surface area contributed by atoms with Gasteiger partial charge in [-0.25, -0.2) is 0 Å². The first kappa shape index (κ1) is 16.8. The summed E-state index contributed by atoms with van der Waals surface area (Å²) in [5.41, 5.74) is 3.32. The predicted octanol–water partition coefficient (Wildman–Crippen LogP) is 1.71. The van der Waals surface area contributed by atoms with Crippen LogP contribution in [-0.4, -0.2) is 43.2 Å². The molecule has 3 rings (SSSR count). The molecule has 2 N–H and O–H groups in total. The number of para-hydroxylation sites is 2. The summed E-state index contributed by atoms with van der Waals surface area (Å²) in [4.78, 5) is 26.8. The summed E-state index contributed by atoms with van der Waals surface area (Å²) in [6, 6.07) is 18.3. The van der Waals surface area contributed by atoms with E-state index in [9.17, 15) is 9.59 Å². The van der Waals surface area contributed by atoms with Crippen LogP contribution in [0.25, 0.3) is 0 Å². The Hall–Kier alpha value is -3.02. The van der Waals surface area contributed by atoms with Gasteiger partial charge < -0.3 is 20.2 Å². The van der Waals surface area contributed by atoms with Gasteiger partial charge in [-0.2, -0.15) is 0 Å². The molecule has 0 spiro atoms. The first-order valence-electron chi connectivity index (χ1n) is 8.25. The van der Waals surface area contributed by atoms with Crippen LogP contribution in [0.1, 0.15) is 5.56 Å². The second kappa shape index (κ2) is 7.70. The van der Waals surface area contributed by atoms with E-state index in [0.717, 1.165) is 24.5 Å². The van der Waals surface area contributed by atoms with Gasteiger partial charge in [0.25, 0.3) is 0 Å². The van der Waals surface area contributed by atoms with Crippen molar-refractivity contribution in [2.24, 2.45) is 0 Å². The second-order valence-corrected chi connectivity index (χ2v) is 5.99. The number of carboxylic acid groups (broad SMARTS) is 1. The third-order valence-electron chi connectivity index (χ3n) is 4.19. The third kappa shape index (κ3) is 4.29. The van der Waals surface area contributed by atoms with Gasteiger partial charge in [0.15, 0.2) is 0 Å². The molecule has 2 aromatic carbocycles. The second-order valence-electron chi connectivity index (χ2n) is 5.99. The molecule has 0 aliphatic carbocycles. The fourth-order valence-corrected chi connectivity index (χ4v) is 3.02. The molecule has 6 heteroatoms. The van der Waals surface area contributed by atoms with E-state index >= 15 is 0 Å². The van der Waals surface area contributed by atoms with Crippen molar-refractivity contribution in [2.45, 2.75) is 6.54 Å². The summed E-state index contributed by atoms with van der Waals surface area (Å²) in [6.45, 7) is 2.14. The lowest BCUT2D eigenvalue weighted by molar-refractivity contribution is -0.137. The third-order valence-corrected chi connectivity index (χ3v) is 4.19. The van der Waals surface area contributed by atoms with Crippen molar-refractivity contribution >= 4 is 23.3 Å². The molecule has 1 amide bonds. The van der Waals surface area contributed by atoms with Crippen LogP contribution in [0.2, 0.25) is 0 Å².